The molecule has 2 unspecified atom stereocenters. The average molecular weight is 170 g/mol. The van der Waals surface area contributed by atoms with Gasteiger partial charge in [0, 0.05) is 0 Å². The van der Waals surface area contributed by atoms with Crippen LogP contribution in [-0.2, 0) is 0 Å². The van der Waals surface area contributed by atoms with Crippen LogP contribution in [0.1, 0.15) is 46.5 Å². The Labute approximate surface area is 76.5 Å². The molecule has 0 rings (SSSR count). The van der Waals surface area contributed by atoms with E-state index in [2.05, 4.69) is 26.0 Å². The molecule has 0 spiro atoms. The second-order valence-corrected chi connectivity index (χ2v) is 3.52. The lowest BCUT2D eigenvalue weighted by Crippen LogP contribution is -2.09. The minimum Gasteiger partial charge on any atom is -0.393 e. The third-order valence-corrected chi connectivity index (χ3v) is 2.09. The number of aliphatic hydroxyl groups excluding tert-OH is 1. The molecule has 1 heteroatoms. The molecule has 0 aliphatic carbocycles. The predicted octanol–water partition coefficient (Wildman–Crippen LogP) is 3.14. The fraction of sp³-hybridized carbons (Fsp3) is 0.818. The van der Waals surface area contributed by atoms with Gasteiger partial charge in [-0.1, -0.05) is 32.9 Å². The zero-order valence-corrected chi connectivity index (χ0v) is 8.59. The summed E-state index contributed by atoms with van der Waals surface area (Å²) in [5.41, 5.74) is 0. The number of hydrogen-bond acceptors (Lipinski definition) is 1. The molecule has 0 amide bonds. The summed E-state index contributed by atoms with van der Waals surface area (Å²) in [6, 6.07) is 0. The molecule has 0 saturated heterocycles. The van der Waals surface area contributed by atoms with E-state index in [1.54, 1.807) is 0 Å². The molecular weight excluding hydrogens is 148 g/mol. The molecule has 0 aliphatic rings. The highest BCUT2D eigenvalue weighted by molar-refractivity contribution is 4.82. The molecule has 0 heterocycles. The highest BCUT2D eigenvalue weighted by atomic mass is 16.3. The van der Waals surface area contributed by atoms with Crippen molar-refractivity contribution in [3.63, 3.8) is 0 Å². The molecule has 2 atom stereocenters. The van der Waals surface area contributed by atoms with Gasteiger partial charge in [0.1, 0.15) is 0 Å². The van der Waals surface area contributed by atoms with Gasteiger partial charge in [0.15, 0.2) is 0 Å². The van der Waals surface area contributed by atoms with E-state index in [0.29, 0.717) is 5.92 Å². The lowest BCUT2D eigenvalue weighted by molar-refractivity contribution is 0.142. The van der Waals surface area contributed by atoms with Gasteiger partial charge >= 0.3 is 0 Å². The van der Waals surface area contributed by atoms with Crippen molar-refractivity contribution in [3.8, 4) is 0 Å². The van der Waals surface area contributed by atoms with Crippen LogP contribution < -0.4 is 0 Å². The molecule has 1 N–H and O–H groups in total. The first kappa shape index (κ1) is 11.7. The topological polar surface area (TPSA) is 20.2 Å². The summed E-state index contributed by atoms with van der Waals surface area (Å²) in [6.07, 6.45) is 8.33. The van der Waals surface area contributed by atoms with Crippen LogP contribution in [-0.4, -0.2) is 11.2 Å². The zero-order valence-electron chi connectivity index (χ0n) is 8.59. The third kappa shape index (κ3) is 6.41. The summed E-state index contributed by atoms with van der Waals surface area (Å²) >= 11 is 0. The number of aliphatic hydroxyl groups is 1. The first-order valence-corrected chi connectivity index (χ1v) is 5.03. The van der Waals surface area contributed by atoms with Gasteiger partial charge in [-0.15, -0.1) is 0 Å². The van der Waals surface area contributed by atoms with E-state index in [0.717, 1.165) is 25.7 Å². The van der Waals surface area contributed by atoms with Crippen LogP contribution in [0.3, 0.4) is 0 Å². The lowest BCUT2D eigenvalue weighted by Gasteiger charge is -2.12. The summed E-state index contributed by atoms with van der Waals surface area (Å²) < 4.78 is 0. The third-order valence-electron chi connectivity index (χ3n) is 2.09. The first-order chi connectivity index (χ1) is 5.70. The molecular formula is C11H22O. The van der Waals surface area contributed by atoms with Gasteiger partial charge in [-0.3, -0.25) is 0 Å². The second-order valence-electron chi connectivity index (χ2n) is 3.52. The minimum absolute atomic E-state index is 0.102. The molecule has 72 valence electrons. The van der Waals surface area contributed by atoms with Gasteiger partial charge in [-0.05, 0) is 31.6 Å². The average Bonchev–Trinajstić information content (AvgIpc) is 2.05. The largest absolute Gasteiger partial charge is 0.393 e. The van der Waals surface area contributed by atoms with E-state index in [-0.39, 0.29) is 6.10 Å². The molecule has 0 aromatic heterocycles. The molecule has 0 radical (unpaired) electrons. The van der Waals surface area contributed by atoms with Gasteiger partial charge in [0.05, 0.1) is 6.10 Å². The van der Waals surface area contributed by atoms with Gasteiger partial charge < -0.3 is 5.11 Å². The maximum atomic E-state index is 9.36. The van der Waals surface area contributed by atoms with E-state index in [1.165, 1.54) is 0 Å². The van der Waals surface area contributed by atoms with Crippen molar-refractivity contribution in [2.75, 3.05) is 0 Å². The lowest BCUT2D eigenvalue weighted by atomic mass is 9.98. The number of rotatable bonds is 6. The molecule has 1 nitrogen and oxygen atoms in total. The van der Waals surface area contributed by atoms with Crippen LogP contribution in [0.15, 0.2) is 12.2 Å². The monoisotopic (exact) mass is 170 g/mol. The zero-order chi connectivity index (χ0) is 9.40. The van der Waals surface area contributed by atoms with Crippen LogP contribution in [0.5, 0.6) is 0 Å². The van der Waals surface area contributed by atoms with E-state index in [9.17, 15) is 5.11 Å². The van der Waals surface area contributed by atoms with Crippen LogP contribution in [0.25, 0.3) is 0 Å². The van der Waals surface area contributed by atoms with Crippen molar-refractivity contribution in [3.05, 3.63) is 12.2 Å². The number of allylic oxidation sites excluding steroid dienone is 2. The minimum atomic E-state index is -0.102. The van der Waals surface area contributed by atoms with Crippen LogP contribution in [0.2, 0.25) is 0 Å². The van der Waals surface area contributed by atoms with Crippen molar-refractivity contribution < 1.29 is 5.11 Å². The Morgan fingerprint density at radius 3 is 2.42 bits per heavy atom. The SMILES string of the molecule is CC/C=C/CC(C)CC(O)CC. The molecule has 12 heavy (non-hydrogen) atoms. The normalized spacial score (nSPS) is 16.7. The smallest absolute Gasteiger partial charge is 0.0540 e. The highest BCUT2D eigenvalue weighted by Gasteiger charge is 2.06. The second kappa shape index (κ2) is 7.35. The van der Waals surface area contributed by atoms with Crippen molar-refractivity contribution in [2.24, 2.45) is 5.92 Å². The maximum absolute atomic E-state index is 9.36. The van der Waals surface area contributed by atoms with E-state index >= 15 is 0 Å². The van der Waals surface area contributed by atoms with Gasteiger partial charge in [-0.25, -0.2) is 0 Å². The summed E-state index contributed by atoms with van der Waals surface area (Å²) in [6.45, 7) is 6.36. The standard InChI is InChI=1S/C11H22O/c1-4-6-7-8-10(3)9-11(12)5-2/h6-7,10-12H,4-5,8-9H2,1-3H3/b7-6+. The highest BCUT2D eigenvalue weighted by Crippen LogP contribution is 2.12. The molecule has 0 saturated carbocycles. The molecule has 0 fully saturated rings. The summed E-state index contributed by atoms with van der Waals surface area (Å²) in [7, 11) is 0. The summed E-state index contributed by atoms with van der Waals surface area (Å²) in [5, 5.41) is 9.36. The van der Waals surface area contributed by atoms with E-state index < -0.39 is 0 Å². The van der Waals surface area contributed by atoms with E-state index in [1.807, 2.05) is 6.92 Å². The van der Waals surface area contributed by atoms with Crippen molar-refractivity contribution >= 4 is 0 Å². The van der Waals surface area contributed by atoms with Crippen LogP contribution in [0.4, 0.5) is 0 Å². The van der Waals surface area contributed by atoms with Crippen molar-refractivity contribution in [2.45, 2.75) is 52.6 Å². The van der Waals surface area contributed by atoms with Crippen LogP contribution >= 0.6 is 0 Å². The summed E-state index contributed by atoms with van der Waals surface area (Å²) in [5.74, 6) is 0.614. The Morgan fingerprint density at radius 2 is 1.92 bits per heavy atom. The predicted molar refractivity (Wildman–Crippen MR) is 54.1 cm³/mol. The quantitative estimate of drug-likeness (QED) is 0.607. The number of hydrogen-bond donors (Lipinski definition) is 1. The maximum Gasteiger partial charge on any atom is 0.0540 e. The van der Waals surface area contributed by atoms with E-state index in [4.69, 9.17) is 0 Å². The Bertz CT molecular complexity index is 118. The van der Waals surface area contributed by atoms with Gasteiger partial charge in [0.25, 0.3) is 0 Å². The fourth-order valence-electron chi connectivity index (χ4n) is 1.22. The molecule has 0 aromatic carbocycles. The Hall–Kier alpha value is -0.300. The molecule has 0 aliphatic heterocycles. The van der Waals surface area contributed by atoms with Gasteiger partial charge in [-0.2, -0.15) is 0 Å². The Kier molecular flexibility index (Phi) is 7.17. The first-order valence-electron chi connectivity index (χ1n) is 5.03. The molecule has 0 aromatic rings. The molecule has 0 bridgehead atoms. The summed E-state index contributed by atoms with van der Waals surface area (Å²) in [4.78, 5) is 0. The van der Waals surface area contributed by atoms with Crippen molar-refractivity contribution in [1.82, 2.24) is 0 Å². The van der Waals surface area contributed by atoms with Crippen molar-refractivity contribution in [1.29, 1.82) is 0 Å². The Balaban J connectivity index is 3.45. The fourth-order valence-corrected chi connectivity index (χ4v) is 1.22. The van der Waals surface area contributed by atoms with Crippen LogP contribution in [0, 0.1) is 5.92 Å². The van der Waals surface area contributed by atoms with Gasteiger partial charge in [0.2, 0.25) is 0 Å². The Morgan fingerprint density at radius 1 is 1.25 bits per heavy atom.